The highest BCUT2D eigenvalue weighted by atomic mass is 16.2. The van der Waals surface area contributed by atoms with E-state index in [9.17, 15) is 9.59 Å². The van der Waals surface area contributed by atoms with Crippen molar-refractivity contribution in [2.45, 2.75) is 20.3 Å². The lowest BCUT2D eigenvalue weighted by Gasteiger charge is -2.06. The van der Waals surface area contributed by atoms with Crippen LogP contribution in [0.5, 0.6) is 0 Å². The first kappa shape index (κ1) is 11.4. The van der Waals surface area contributed by atoms with Gasteiger partial charge in [-0.25, -0.2) is 0 Å². The number of rotatable bonds is 4. The lowest BCUT2D eigenvalue weighted by molar-refractivity contribution is -0.131. The van der Waals surface area contributed by atoms with Gasteiger partial charge in [0.05, 0.1) is 0 Å². The summed E-state index contributed by atoms with van der Waals surface area (Å²) in [5.41, 5.74) is 3.62. The van der Waals surface area contributed by atoms with Crippen molar-refractivity contribution in [3.05, 3.63) is 34.9 Å². The highest BCUT2D eigenvalue weighted by Crippen LogP contribution is 2.10. The van der Waals surface area contributed by atoms with Crippen molar-refractivity contribution in [1.29, 1.82) is 0 Å². The topological polar surface area (TPSA) is 46.2 Å². The van der Waals surface area contributed by atoms with E-state index in [1.54, 1.807) is 0 Å². The third-order valence-corrected chi connectivity index (χ3v) is 2.31. The van der Waals surface area contributed by atoms with Crippen LogP contribution in [0.4, 0.5) is 0 Å². The number of amides is 1. The summed E-state index contributed by atoms with van der Waals surface area (Å²) in [6.45, 7) is 4.57. The van der Waals surface area contributed by atoms with E-state index < -0.39 is 5.91 Å². The second-order valence-corrected chi connectivity index (χ2v) is 3.59. The first-order chi connectivity index (χ1) is 7.13. The molecule has 1 amide bonds. The molecule has 3 nitrogen and oxygen atoms in total. The Morgan fingerprint density at radius 1 is 1.40 bits per heavy atom. The average molecular weight is 205 g/mol. The molecule has 0 heterocycles. The molecule has 0 spiro atoms. The van der Waals surface area contributed by atoms with Crippen LogP contribution in [0.1, 0.15) is 16.7 Å². The summed E-state index contributed by atoms with van der Waals surface area (Å²) >= 11 is 0. The number of carbonyl (C=O) groups is 2. The standard InChI is InChI=1S/C12H15NO2/c1-9-3-4-10(2)11(7-9)5-6-13-12(15)8-14/h3-4,7-8H,5-6H2,1-2H3,(H,13,15). The minimum atomic E-state index is -0.555. The number of aryl methyl sites for hydroxylation is 2. The molecule has 0 aliphatic rings. The molecule has 3 heteroatoms. The van der Waals surface area contributed by atoms with Gasteiger partial charge in [-0.1, -0.05) is 23.8 Å². The van der Waals surface area contributed by atoms with Crippen LogP contribution in [0, 0.1) is 13.8 Å². The van der Waals surface area contributed by atoms with E-state index in [0.717, 1.165) is 6.42 Å². The smallest absolute Gasteiger partial charge is 0.284 e. The zero-order valence-electron chi connectivity index (χ0n) is 9.04. The van der Waals surface area contributed by atoms with Gasteiger partial charge >= 0.3 is 0 Å². The lowest BCUT2D eigenvalue weighted by Crippen LogP contribution is -2.26. The lowest BCUT2D eigenvalue weighted by atomic mass is 10.0. The summed E-state index contributed by atoms with van der Waals surface area (Å²) in [6.07, 6.45) is 1.05. The molecule has 80 valence electrons. The van der Waals surface area contributed by atoms with Crippen molar-refractivity contribution >= 4 is 12.2 Å². The van der Waals surface area contributed by atoms with Crippen molar-refractivity contribution in [3.8, 4) is 0 Å². The van der Waals surface area contributed by atoms with Crippen LogP contribution >= 0.6 is 0 Å². The van der Waals surface area contributed by atoms with Crippen molar-refractivity contribution in [3.63, 3.8) is 0 Å². The minimum absolute atomic E-state index is 0.295. The third kappa shape index (κ3) is 3.54. The fourth-order valence-corrected chi connectivity index (χ4v) is 1.43. The van der Waals surface area contributed by atoms with E-state index in [4.69, 9.17) is 0 Å². The molecule has 0 atom stereocenters. The van der Waals surface area contributed by atoms with E-state index in [-0.39, 0.29) is 0 Å². The van der Waals surface area contributed by atoms with Gasteiger partial charge in [0.2, 0.25) is 6.29 Å². The van der Waals surface area contributed by atoms with Crippen molar-refractivity contribution in [2.24, 2.45) is 0 Å². The molecule has 0 unspecified atom stereocenters. The van der Waals surface area contributed by atoms with E-state index in [1.807, 2.05) is 13.8 Å². The molecule has 1 aromatic carbocycles. The molecule has 0 saturated heterocycles. The SMILES string of the molecule is Cc1ccc(C)c(CCNC(=O)C=O)c1. The highest BCUT2D eigenvalue weighted by Gasteiger charge is 2.00. The van der Waals surface area contributed by atoms with Gasteiger partial charge in [0.25, 0.3) is 5.91 Å². The van der Waals surface area contributed by atoms with Crippen LogP contribution in [0.15, 0.2) is 18.2 Å². The van der Waals surface area contributed by atoms with Crippen LogP contribution < -0.4 is 5.32 Å². The monoisotopic (exact) mass is 205 g/mol. The van der Waals surface area contributed by atoms with Gasteiger partial charge < -0.3 is 5.32 Å². The summed E-state index contributed by atoms with van der Waals surface area (Å²) < 4.78 is 0. The van der Waals surface area contributed by atoms with Crippen LogP contribution in [-0.2, 0) is 16.0 Å². The summed E-state index contributed by atoms with van der Waals surface area (Å²) in [5.74, 6) is -0.555. The van der Waals surface area contributed by atoms with Crippen LogP contribution in [0.3, 0.4) is 0 Å². The van der Waals surface area contributed by atoms with Crippen LogP contribution in [-0.4, -0.2) is 18.7 Å². The number of carbonyl (C=O) groups excluding carboxylic acids is 2. The van der Waals surface area contributed by atoms with E-state index in [0.29, 0.717) is 12.8 Å². The van der Waals surface area contributed by atoms with Gasteiger partial charge in [0, 0.05) is 6.54 Å². The Morgan fingerprint density at radius 3 is 2.80 bits per heavy atom. The van der Waals surface area contributed by atoms with Gasteiger partial charge in [-0.2, -0.15) is 0 Å². The normalized spacial score (nSPS) is 9.73. The first-order valence-electron chi connectivity index (χ1n) is 4.92. The molecule has 15 heavy (non-hydrogen) atoms. The van der Waals surface area contributed by atoms with Crippen molar-refractivity contribution in [2.75, 3.05) is 6.54 Å². The second kappa shape index (κ2) is 5.29. The molecule has 0 bridgehead atoms. The quantitative estimate of drug-likeness (QED) is 0.592. The molecule has 0 aromatic heterocycles. The Balaban J connectivity index is 2.53. The minimum Gasteiger partial charge on any atom is -0.349 e. The molecule has 0 aliphatic heterocycles. The maximum Gasteiger partial charge on any atom is 0.284 e. The fraction of sp³-hybridized carbons (Fsp3) is 0.333. The summed E-state index contributed by atoms with van der Waals surface area (Å²) in [7, 11) is 0. The van der Waals surface area contributed by atoms with E-state index in [1.165, 1.54) is 16.7 Å². The molecular formula is C12H15NO2. The maximum atomic E-state index is 10.7. The summed E-state index contributed by atoms with van der Waals surface area (Å²) in [6, 6.07) is 6.22. The Morgan fingerprint density at radius 2 is 2.13 bits per heavy atom. The molecule has 1 rings (SSSR count). The molecule has 0 saturated carbocycles. The van der Waals surface area contributed by atoms with Gasteiger partial charge in [-0.15, -0.1) is 0 Å². The molecular weight excluding hydrogens is 190 g/mol. The Labute approximate surface area is 89.5 Å². The predicted molar refractivity (Wildman–Crippen MR) is 58.7 cm³/mol. The number of hydrogen-bond donors (Lipinski definition) is 1. The van der Waals surface area contributed by atoms with Crippen LogP contribution in [0.2, 0.25) is 0 Å². The zero-order chi connectivity index (χ0) is 11.3. The average Bonchev–Trinajstić information content (AvgIpc) is 2.23. The van der Waals surface area contributed by atoms with Gasteiger partial charge in [-0.3, -0.25) is 9.59 Å². The number of aldehydes is 1. The van der Waals surface area contributed by atoms with E-state index >= 15 is 0 Å². The molecule has 0 aliphatic carbocycles. The highest BCUT2D eigenvalue weighted by molar-refractivity contribution is 6.23. The Hall–Kier alpha value is -1.64. The second-order valence-electron chi connectivity index (χ2n) is 3.59. The molecule has 1 N–H and O–H groups in total. The fourth-order valence-electron chi connectivity index (χ4n) is 1.43. The van der Waals surface area contributed by atoms with Crippen LogP contribution in [0.25, 0.3) is 0 Å². The largest absolute Gasteiger partial charge is 0.349 e. The van der Waals surface area contributed by atoms with Crippen molar-refractivity contribution < 1.29 is 9.59 Å². The first-order valence-corrected chi connectivity index (χ1v) is 4.92. The van der Waals surface area contributed by atoms with Gasteiger partial charge in [0.1, 0.15) is 0 Å². The Bertz CT molecular complexity index is 372. The van der Waals surface area contributed by atoms with Gasteiger partial charge in [-0.05, 0) is 31.4 Å². The van der Waals surface area contributed by atoms with Gasteiger partial charge in [0.15, 0.2) is 0 Å². The summed E-state index contributed by atoms with van der Waals surface area (Å²) in [4.78, 5) is 20.7. The molecule has 0 radical (unpaired) electrons. The predicted octanol–water partition coefficient (Wildman–Crippen LogP) is 1.16. The third-order valence-electron chi connectivity index (χ3n) is 2.31. The number of hydrogen-bond acceptors (Lipinski definition) is 2. The number of benzene rings is 1. The summed E-state index contributed by atoms with van der Waals surface area (Å²) in [5, 5.41) is 2.52. The van der Waals surface area contributed by atoms with E-state index in [2.05, 4.69) is 23.5 Å². The zero-order valence-corrected chi connectivity index (χ0v) is 9.04. The number of nitrogens with one attached hydrogen (secondary N) is 1. The maximum absolute atomic E-state index is 10.7. The van der Waals surface area contributed by atoms with Crippen molar-refractivity contribution in [1.82, 2.24) is 5.32 Å². The Kier molecular flexibility index (Phi) is 4.03. The molecule has 0 fully saturated rings. The molecule has 1 aromatic rings.